The lowest BCUT2D eigenvalue weighted by molar-refractivity contribution is 0.627. The minimum absolute atomic E-state index is 0.237. The number of rotatable bonds is 5. The van der Waals surface area contributed by atoms with Gasteiger partial charge in [0, 0.05) is 16.5 Å². The predicted octanol–water partition coefficient (Wildman–Crippen LogP) is 14.5. The molecule has 0 amide bonds. The van der Waals surface area contributed by atoms with Crippen molar-refractivity contribution < 1.29 is 4.39 Å². The van der Waals surface area contributed by atoms with Crippen LogP contribution in [0.15, 0.2) is 194 Å². The molecule has 0 aliphatic rings. The number of nitrogens with zero attached hydrogens (tertiary/aromatic N) is 1. The fourth-order valence-electron chi connectivity index (χ4n) is 8.64. The largest absolute Gasteiger partial charge is 0.309 e. The van der Waals surface area contributed by atoms with E-state index in [1.807, 2.05) is 12.1 Å². The molecule has 0 aliphatic heterocycles. The van der Waals surface area contributed by atoms with E-state index in [0.29, 0.717) is 0 Å². The monoisotopic (exact) mass is 689 g/mol. The predicted molar refractivity (Wildman–Crippen MR) is 226 cm³/mol. The second kappa shape index (κ2) is 12.0. The smallest absolute Gasteiger partial charge is 0.123 e. The van der Waals surface area contributed by atoms with Crippen molar-refractivity contribution in [2.24, 2.45) is 0 Å². The normalized spacial score (nSPS) is 11.8. The Morgan fingerprint density at radius 2 is 0.815 bits per heavy atom. The van der Waals surface area contributed by atoms with Gasteiger partial charge >= 0.3 is 0 Å². The molecule has 11 aromatic rings. The molecule has 54 heavy (non-hydrogen) atoms. The average molecular weight is 690 g/mol. The van der Waals surface area contributed by atoms with Gasteiger partial charge in [0.25, 0.3) is 0 Å². The summed E-state index contributed by atoms with van der Waals surface area (Å²) in [5.41, 5.74) is 12.7. The van der Waals surface area contributed by atoms with Gasteiger partial charge in [-0.05, 0) is 137 Å². The Bertz CT molecular complexity index is 3100. The SMILES string of the molecule is Fc1ccc(-n2c3cccc4ccc5cc(-c6ccc(-c7cc(-c8cccc9ccccc89)cc(-c8cccc9ccccc89)c7)cc6)cc2c5c43)cc1. The van der Waals surface area contributed by atoms with Crippen LogP contribution in [-0.4, -0.2) is 4.57 Å². The van der Waals surface area contributed by atoms with Crippen LogP contribution < -0.4 is 0 Å². The molecule has 0 atom stereocenters. The molecule has 0 unspecified atom stereocenters. The van der Waals surface area contributed by atoms with E-state index in [4.69, 9.17) is 0 Å². The Balaban J connectivity index is 1.07. The molecule has 0 bridgehead atoms. The first-order chi connectivity index (χ1) is 26.7. The van der Waals surface area contributed by atoms with E-state index in [1.165, 1.54) is 70.9 Å². The Morgan fingerprint density at radius 1 is 0.315 bits per heavy atom. The van der Waals surface area contributed by atoms with Crippen LogP contribution >= 0.6 is 0 Å². The summed E-state index contributed by atoms with van der Waals surface area (Å²) in [5.74, 6) is -0.237. The second-order valence-electron chi connectivity index (χ2n) is 14.3. The van der Waals surface area contributed by atoms with Gasteiger partial charge < -0.3 is 4.57 Å². The molecule has 0 fully saturated rings. The van der Waals surface area contributed by atoms with Gasteiger partial charge in [-0.25, -0.2) is 4.39 Å². The third-order valence-electron chi connectivity index (χ3n) is 11.2. The fraction of sp³-hybridized carbons (Fsp3) is 0. The summed E-state index contributed by atoms with van der Waals surface area (Å²) in [7, 11) is 0. The van der Waals surface area contributed by atoms with Crippen molar-refractivity contribution in [3.05, 3.63) is 200 Å². The van der Waals surface area contributed by atoms with Crippen LogP contribution in [0, 0.1) is 5.82 Å². The van der Waals surface area contributed by atoms with Crippen LogP contribution in [0.2, 0.25) is 0 Å². The van der Waals surface area contributed by atoms with Gasteiger partial charge in [0.15, 0.2) is 0 Å². The zero-order valence-corrected chi connectivity index (χ0v) is 29.3. The van der Waals surface area contributed by atoms with Crippen molar-refractivity contribution in [2.75, 3.05) is 0 Å². The van der Waals surface area contributed by atoms with E-state index in [2.05, 4.69) is 174 Å². The number of benzene rings is 10. The Hall–Kier alpha value is -7.03. The lowest BCUT2D eigenvalue weighted by Crippen LogP contribution is -1.94. The molecule has 0 saturated heterocycles. The van der Waals surface area contributed by atoms with Crippen LogP contribution in [0.4, 0.5) is 4.39 Å². The highest BCUT2D eigenvalue weighted by Crippen LogP contribution is 2.42. The van der Waals surface area contributed by atoms with Crippen LogP contribution in [-0.2, 0) is 0 Å². The third kappa shape index (κ3) is 4.84. The lowest BCUT2D eigenvalue weighted by Gasteiger charge is -2.15. The van der Waals surface area contributed by atoms with Crippen molar-refractivity contribution in [1.82, 2.24) is 4.57 Å². The van der Waals surface area contributed by atoms with Crippen molar-refractivity contribution in [3.63, 3.8) is 0 Å². The van der Waals surface area contributed by atoms with E-state index < -0.39 is 0 Å². The topological polar surface area (TPSA) is 4.93 Å². The summed E-state index contributed by atoms with van der Waals surface area (Å²) >= 11 is 0. The van der Waals surface area contributed by atoms with Gasteiger partial charge in [-0.15, -0.1) is 0 Å². The molecule has 11 rings (SSSR count). The molecule has 1 aromatic heterocycles. The second-order valence-corrected chi connectivity index (χ2v) is 14.3. The van der Waals surface area contributed by atoms with Gasteiger partial charge in [0.1, 0.15) is 5.82 Å². The molecule has 0 spiro atoms. The summed E-state index contributed by atoms with van der Waals surface area (Å²) in [6, 6.07) is 68.8. The summed E-state index contributed by atoms with van der Waals surface area (Å²) < 4.78 is 16.3. The molecule has 2 heteroatoms. The third-order valence-corrected chi connectivity index (χ3v) is 11.2. The van der Waals surface area contributed by atoms with Crippen LogP contribution in [0.25, 0.3) is 104 Å². The molecule has 0 radical (unpaired) electrons. The molecular weight excluding hydrogens is 658 g/mol. The molecule has 10 aromatic carbocycles. The molecule has 1 nitrogen and oxygen atoms in total. The van der Waals surface area contributed by atoms with Crippen molar-refractivity contribution >= 4 is 54.1 Å². The quantitative estimate of drug-likeness (QED) is 0.159. The maximum atomic E-state index is 14.1. The van der Waals surface area contributed by atoms with Crippen LogP contribution in [0.1, 0.15) is 0 Å². The maximum absolute atomic E-state index is 14.1. The number of aromatic nitrogens is 1. The zero-order chi connectivity index (χ0) is 35.8. The van der Waals surface area contributed by atoms with Gasteiger partial charge in [-0.1, -0.05) is 133 Å². The van der Waals surface area contributed by atoms with E-state index in [-0.39, 0.29) is 5.82 Å². The molecule has 0 N–H and O–H groups in total. The number of fused-ring (bicyclic) bond motifs is 2. The van der Waals surface area contributed by atoms with E-state index in [9.17, 15) is 4.39 Å². The van der Waals surface area contributed by atoms with Gasteiger partial charge in [-0.2, -0.15) is 0 Å². The molecule has 1 heterocycles. The summed E-state index contributed by atoms with van der Waals surface area (Å²) in [6.07, 6.45) is 0. The van der Waals surface area contributed by atoms with Crippen LogP contribution in [0.3, 0.4) is 0 Å². The Kier molecular flexibility index (Phi) is 6.80. The lowest BCUT2D eigenvalue weighted by atomic mass is 9.89. The van der Waals surface area contributed by atoms with Crippen molar-refractivity contribution in [2.45, 2.75) is 0 Å². The number of hydrogen-bond donors (Lipinski definition) is 0. The van der Waals surface area contributed by atoms with Crippen molar-refractivity contribution in [1.29, 1.82) is 0 Å². The summed E-state index contributed by atoms with van der Waals surface area (Å²) in [6.45, 7) is 0. The standard InChI is InChI=1S/C52H32FN/c53-43-24-26-44(27-25-43)54-49-17-7-12-37-22-23-38-28-40(32-50(54)52(38)51(37)49)34-20-18-33(19-21-34)39-29-41(47-15-5-10-35-8-1-3-13-45(35)47)31-42(30-39)48-16-6-11-36-9-2-4-14-46(36)48/h1-32H. The van der Waals surface area contributed by atoms with Gasteiger partial charge in [-0.3, -0.25) is 0 Å². The number of halogens is 1. The van der Waals surface area contributed by atoms with Gasteiger partial charge in [0.05, 0.1) is 11.0 Å². The molecule has 0 aliphatic carbocycles. The van der Waals surface area contributed by atoms with Crippen molar-refractivity contribution in [3.8, 4) is 50.2 Å². The highest BCUT2D eigenvalue weighted by molar-refractivity contribution is 6.25. The van der Waals surface area contributed by atoms with E-state index >= 15 is 0 Å². The minimum atomic E-state index is -0.237. The van der Waals surface area contributed by atoms with Crippen LogP contribution in [0.5, 0.6) is 0 Å². The average Bonchev–Trinajstić information content (AvgIpc) is 3.57. The Morgan fingerprint density at radius 3 is 1.46 bits per heavy atom. The fourth-order valence-corrected chi connectivity index (χ4v) is 8.64. The highest BCUT2D eigenvalue weighted by atomic mass is 19.1. The maximum Gasteiger partial charge on any atom is 0.123 e. The first-order valence-corrected chi connectivity index (χ1v) is 18.4. The Labute approximate surface area is 312 Å². The molecule has 252 valence electrons. The van der Waals surface area contributed by atoms with Gasteiger partial charge in [0.2, 0.25) is 0 Å². The molecule has 0 saturated carbocycles. The molecular formula is C52H32FN. The first-order valence-electron chi connectivity index (χ1n) is 18.4. The zero-order valence-electron chi connectivity index (χ0n) is 29.3. The first kappa shape index (κ1) is 30.6. The van der Waals surface area contributed by atoms with E-state index in [0.717, 1.165) is 33.4 Å². The van der Waals surface area contributed by atoms with E-state index in [1.54, 1.807) is 12.1 Å². The highest BCUT2D eigenvalue weighted by Gasteiger charge is 2.18. The number of hydrogen-bond acceptors (Lipinski definition) is 0. The minimum Gasteiger partial charge on any atom is -0.309 e. The summed E-state index contributed by atoms with van der Waals surface area (Å²) in [5, 5.41) is 9.83. The summed E-state index contributed by atoms with van der Waals surface area (Å²) in [4.78, 5) is 0.